The monoisotopic (exact) mass is 355 g/mol. The van der Waals surface area contributed by atoms with Crippen LogP contribution in [0.2, 0.25) is 0 Å². The molecule has 8 heteroatoms. The SMILES string of the molecule is CNC(=S)N(C(=O)C(C)c1ccc(C)c(N=S(=O)=O)c1)C(C)C. The fourth-order valence-electron chi connectivity index (χ4n) is 2.14. The number of hydrogen-bond acceptors (Lipinski definition) is 5. The Kier molecular flexibility index (Phi) is 6.83. The molecule has 1 rings (SSSR count). The predicted octanol–water partition coefficient (Wildman–Crippen LogP) is 2.53. The van der Waals surface area contributed by atoms with Gasteiger partial charge in [-0.2, -0.15) is 8.42 Å². The summed E-state index contributed by atoms with van der Waals surface area (Å²) in [5, 5.41) is 3.17. The number of carbonyl (C=O) groups excluding carboxylic acids is 1. The molecule has 0 aliphatic heterocycles. The highest BCUT2D eigenvalue weighted by Gasteiger charge is 2.27. The molecule has 0 saturated heterocycles. The van der Waals surface area contributed by atoms with Crippen LogP contribution >= 0.6 is 12.2 Å². The molecule has 0 radical (unpaired) electrons. The van der Waals surface area contributed by atoms with Crippen LogP contribution in [0.1, 0.15) is 37.8 Å². The van der Waals surface area contributed by atoms with Crippen LogP contribution in [-0.4, -0.2) is 37.4 Å². The predicted molar refractivity (Wildman–Crippen MR) is 94.2 cm³/mol. The summed E-state index contributed by atoms with van der Waals surface area (Å²) >= 11 is 5.20. The lowest BCUT2D eigenvalue weighted by Crippen LogP contribution is -2.47. The number of nitrogens with one attached hydrogen (secondary N) is 1. The van der Waals surface area contributed by atoms with Crippen LogP contribution in [-0.2, 0) is 15.3 Å². The molecule has 6 nitrogen and oxygen atoms in total. The van der Waals surface area contributed by atoms with E-state index in [1.165, 1.54) is 4.90 Å². The highest BCUT2D eigenvalue weighted by atomic mass is 32.2. The Morgan fingerprint density at radius 1 is 1.30 bits per heavy atom. The molecule has 126 valence electrons. The molecule has 1 unspecified atom stereocenters. The molecule has 23 heavy (non-hydrogen) atoms. The van der Waals surface area contributed by atoms with E-state index in [0.717, 1.165) is 5.56 Å². The standard InChI is InChI=1S/C15H21N3O3S2/c1-9(2)18(15(22)16-5)14(19)11(4)12-7-6-10(3)13(8-12)17-23(20)21/h6-9,11H,1-5H3,(H,16,22). The topological polar surface area (TPSA) is 78.8 Å². The number of carbonyl (C=O) groups is 1. The van der Waals surface area contributed by atoms with Crippen molar-refractivity contribution in [2.75, 3.05) is 7.05 Å². The minimum absolute atomic E-state index is 0.0892. The molecule has 1 aromatic rings. The summed E-state index contributed by atoms with van der Waals surface area (Å²) in [5.41, 5.74) is 1.75. The van der Waals surface area contributed by atoms with Crippen molar-refractivity contribution in [2.24, 2.45) is 4.36 Å². The maximum atomic E-state index is 12.7. The van der Waals surface area contributed by atoms with Crippen LogP contribution in [0.15, 0.2) is 22.6 Å². The van der Waals surface area contributed by atoms with Crippen molar-refractivity contribution in [3.05, 3.63) is 29.3 Å². The van der Waals surface area contributed by atoms with Crippen LogP contribution in [0.3, 0.4) is 0 Å². The van der Waals surface area contributed by atoms with Crippen molar-refractivity contribution in [2.45, 2.75) is 39.7 Å². The van der Waals surface area contributed by atoms with E-state index >= 15 is 0 Å². The first-order chi connectivity index (χ1) is 10.7. The Balaban J connectivity index is 3.23. The van der Waals surface area contributed by atoms with E-state index in [4.69, 9.17) is 12.2 Å². The molecule has 0 aromatic heterocycles. The molecule has 0 saturated carbocycles. The average Bonchev–Trinajstić information content (AvgIpc) is 2.47. The third-order valence-electron chi connectivity index (χ3n) is 3.46. The average molecular weight is 355 g/mol. The van der Waals surface area contributed by atoms with Gasteiger partial charge in [-0.1, -0.05) is 12.1 Å². The molecule has 1 N–H and O–H groups in total. The molecule has 0 bridgehead atoms. The van der Waals surface area contributed by atoms with Crippen molar-refractivity contribution in [3.8, 4) is 0 Å². The summed E-state index contributed by atoms with van der Waals surface area (Å²) in [6.07, 6.45) is 0. The van der Waals surface area contributed by atoms with E-state index < -0.39 is 16.4 Å². The van der Waals surface area contributed by atoms with E-state index in [2.05, 4.69) is 9.68 Å². The zero-order chi connectivity index (χ0) is 17.7. The minimum atomic E-state index is -2.54. The fraction of sp³-hybridized carbons (Fsp3) is 0.467. The van der Waals surface area contributed by atoms with Gasteiger partial charge in [0, 0.05) is 13.1 Å². The van der Waals surface area contributed by atoms with E-state index in [1.54, 1.807) is 39.1 Å². The molecule has 1 amide bonds. The van der Waals surface area contributed by atoms with Crippen molar-refractivity contribution < 1.29 is 13.2 Å². The van der Waals surface area contributed by atoms with Gasteiger partial charge >= 0.3 is 10.5 Å². The van der Waals surface area contributed by atoms with Gasteiger partial charge in [-0.25, -0.2) is 0 Å². The number of nitrogens with zero attached hydrogens (tertiary/aromatic N) is 2. The Labute approximate surface area is 143 Å². The smallest absolute Gasteiger partial charge is 0.316 e. The number of hydrogen-bond donors (Lipinski definition) is 1. The van der Waals surface area contributed by atoms with Gasteiger partial charge in [0.05, 0.1) is 11.6 Å². The van der Waals surface area contributed by atoms with E-state index in [1.807, 2.05) is 13.8 Å². The van der Waals surface area contributed by atoms with E-state index in [-0.39, 0.29) is 11.9 Å². The summed E-state index contributed by atoms with van der Waals surface area (Å²) in [5.74, 6) is -0.629. The molecular formula is C15H21N3O3S2. The van der Waals surface area contributed by atoms with E-state index in [9.17, 15) is 13.2 Å². The summed E-state index contributed by atoms with van der Waals surface area (Å²) in [7, 11) is -0.866. The maximum Gasteiger partial charge on any atom is 0.316 e. The number of benzene rings is 1. The fourth-order valence-corrected chi connectivity index (χ4v) is 2.79. The van der Waals surface area contributed by atoms with Crippen molar-refractivity contribution in [1.29, 1.82) is 0 Å². The van der Waals surface area contributed by atoms with Crippen LogP contribution in [0.25, 0.3) is 0 Å². The van der Waals surface area contributed by atoms with Gasteiger partial charge in [-0.3, -0.25) is 9.69 Å². The van der Waals surface area contributed by atoms with Gasteiger partial charge in [0.2, 0.25) is 5.91 Å². The third-order valence-corrected chi connectivity index (χ3v) is 4.21. The van der Waals surface area contributed by atoms with Crippen molar-refractivity contribution >= 4 is 39.4 Å². The zero-order valence-corrected chi connectivity index (χ0v) is 15.5. The second-order valence-electron chi connectivity index (χ2n) is 5.43. The zero-order valence-electron chi connectivity index (χ0n) is 13.8. The summed E-state index contributed by atoms with van der Waals surface area (Å²) in [4.78, 5) is 14.3. The first-order valence-corrected chi connectivity index (χ1v) is 8.59. The van der Waals surface area contributed by atoms with Gasteiger partial charge in [-0.05, 0) is 57.1 Å². The van der Waals surface area contributed by atoms with Gasteiger partial charge in [0.15, 0.2) is 5.11 Å². The molecule has 1 aromatic carbocycles. The van der Waals surface area contributed by atoms with Gasteiger partial charge < -0.3 is 5.32 Å². The van der Waals surface area contributed by atoms with Gasteiger partial charge in [0.25, 0.3) is 0 Å². The largest absolute Gasteiger partial charge is 0.365 e. The normalized spacial score (nSPS) is 11.7. The van der Waals surface area contributed by atoms with Crippen molar-refractivity contribution in [3.63, 3.8) is 0 Å². The summed E-state index contributed by atoms with van der Waals surface area (Å²) < 4.78 is 25.1. The number of aryl methyl sites for hydroxylation is 1. The highest BCUT2D eigenvalue weighted by Crippen LogP contribution is 2.26. The Bertz CT molecular complexity index is 734. The second kappa shape index (κ2) is 8.16. The molecule has 0 aliphatic carbocycles. The number of rotatable bonds is 4. The Hall–Kier alpha value is -1.80. The van der Waals surface area contributed by atoms with Crippen LogP contribution in [0.4, 0.5) is 5.69 Å². The number of thiocarbonyl (C=S) groups is 1. The molecular weight excluding hydrogens is 334 g/mol. The van der Waals surface area contributed by atoms with E-state index in [0.29, 0.717) is 16.4 Å². The van der Waals surface area contributed by atoms with Crippen molar-refractivity contribution in [1.82, 2.24) is 10.2 Å². The Morgan fingerprint density at radius 3 is 2.39 bits per heavy atom. The lowest BCUT2D eigenvalue weighted by atomic mass is 9.97. The van der Waals surface area contributed by atoms with Crippen LogP contribution in [0.5, 0.6) is 0 Å². The van der Waals surface area contributed by atoms with Gasteiger partial charge in [-0.15, -0.1) is 4.36 Å². The summed E-state index contributed by atoms with van der Waals surface area (Å²) in [6, 6.07) is 5.08. The first kappa shape index (κ1) is 19.2. The third kappa shape index (κ3) is 4.84. The molecule has 0 heterocycles. The molecule has 0 spiro atoms. The lowest BCUT2D eigenvalue weighted by molar-refractivity contribution is -0.129. The van der Waals surface area contributed by atoms with Gasteiger partial charge in [0.1, 0.15) is 0 Å². The molecule has 0 fully saturated rings. The van der Waals surface area contributed by atoms with Crippen LogP contribution in [0, 0.1) is 6.92 Å². The highest BCUT2D eigenvalue weighted by molar-refractivity contribution is 7.80. The first-order valence-electron chi connectivity index (χ1n) is 7.15. The Morgan fingerprint density at radius 2 is 1.91 bits per heavy atom. The minimum Gasteiger partial charge on any atom is -0.365 e. The lowest BCUT2D eigenvalue weighted by Gasteiger charge is -2.29. The number of amides is 1. The maximum absolute atomic E-state index is 12.7. The summed E-state index contributed by atoms with van der Waals surface area (Å²) in [6.45, 7) is 7.28. The quantitative estimate of drug-likeness (QED) is 0.840. The molecule has 0 aliphatic rings. The molecule has 1 atom stereocenters. The van der Waals surface area contributed by atoms with Crippen LogP contribution < -0.4 is 5.32 Å². The second-order valence-corrected chi connectivity index (χ2v) is 6.44.